The van der Waals surface area contributed by atoms with E-state index in [0.29, 0.717) is 12.2 Å². The van der Waals surface area contributed by atoms with Crippen molar-refractivity contribution in [3.63, 3.8) is 0 Å². The van der Waals surface area contributed by atoms with E-state index in [9.17, 15) is 14.9 Å². The highest BCUT2D eigenvalue weighted by Gasteiger charge is 2.19. The highest BCUT2D eigenvalue weighted by Crippen LogP contribution is 2.14. The van der Waals surface area contributed by atoms with Crippen LogP contribution in [0, 0.1) is 10.1 Å². The average molecular weight is 365 g/mol. The van der Waals surface area contributed by atoms with Gasteiger partial charge in [0.15, 0.2) is 5.69 Å². The number of rotatable bonds is 7. The number of nitrogens with one attached hydrogen (secondary N) is 1. The van der Waals surface area contributed by atoms with Gasteiger partial charge in [0.05, 0.1) is 7.05 Å². The molecule has 0 atom stereocenters. The fourth-order valence-electron chi connectivity index (χ4n) is 1.60. The van der Waals surface area contributed by atoms with E-state index in [-0.39, 0.29) is 11.7 Å². The van der Waals surface area contributed by atoms with Crippen molar-refractivity contribution in [2.75, 3.05) is 11.0 Å². The summed E-state index contributed by atoms with van der Waals surface area (Å²) in [5.41, 5.74) is 0.315. The van der Waals surface area contributed by atoms with Gasteiger partial charge >= 0.3 is 5.82 Å². The topological polar surface area (TPSA) is 77.2 Å². The lowest BCUT2D eigenvalue weighted by Gasteiger charge is -2.03. The monoisotopic (exact) mass is 365 g/mol. The van der Waals surface area contributed by atoms with Gasteiger partial charge < -0.3 is 15.4 Å². The number of halogens is 1. The van der Waals surface area contributed by atoms with Crippen molar-refractivity contribution in [2.24, 2.45) is 7.05 Å². The van der Waals surface area contributed by atoms with Gasteiger partial charge in [-0.2, -0.15) is 0 Å². The summed E-state index contributed by atoms with van der Waals surface area (Å²) < 4.78 is 2.41. The molecule has 0 aliphatic carbocycles. The number of unbranched alkanes of at least 4 members (excludes halogenated alkanes) is 2. The van der Waals surface area contributed by atoms with Crippen LogP contribution in [0.4, 0.5) is 5.82 Å². The molecule has 0 saturated heterocycles. The van der Waals surface area contributed by atoms with Gasteiger partial charge in [-0.15, -0.1) is 0 Å². The molecule has 0 saturated carbocycles. The first-order valence-corrected chi connectivity index (χ1v) is 7.24. The van der Waals surface area contributed by atoms with Crippen molar-refractivity contribution in [1.82, 2.24) is 9.88 Å². The third-order valence-electron chi connectivity index (χ3n) is 2.61. The highest BCUT2D eigenvalue weighted by molar-refractivity contribution is 14.1. The molecule has 0 aromatic carbocycles. The number of alkyl halides is 1. The second-order valence-electron chi connectivity index (χ2n) is 3.90. The van der Waals surface area contributed by atoms with Crippen LogP contribution < -0.4 is 5.32 Å². The number of nitro groups is 1. The lowest BCUT2D eigenvalue weighted by Crippen LogP contribution is -2.26. The van der Waals surface area contributed by atoms with Gasteiger partial charge in [-0.1, -0.05) is 29.0 Å². The molecule has 0 bridgehead atoms. The summed E-state index contributed by atoms with van der Waals surface area (Å²) >= 11 is 2.32. The van der Waals surface area contributed by atoms with E-state index in [1.807, 2.05) is 0 Å². The van der Waals surface area contributed by atoms with Crippen LogP contribution in [0.2, 0.25) is 0 Å². The molecule has 0 fully saturated rings. The number of aromatic nitrogens is 1. The normalized spacial score (nSPS) is 10.3. The minimum Gasteiger partial charge on any atom is -0.358 e. The number of amides is 1. The Balaban J connectivity index is 2.49. The molecule has 18 heavy (non-hydrogen) atoms. The Bertz CT molecular complexity index is 431. The molecule has 0 aliphatic rings. The number of hydrogen-bond acceptors (Lipinski definition) is 3. The Labute approximate surface area is 119 Å². The number of carbonyl (C=O) groups excluding carboxylic acids is 1. The van der Waals surface area contributed by atoms with E-state index in [4.69, 9.17) is 0 Å². The zero-order valence-electron chi connectivity index (χ0n) is 10.2. The smallest absolute Gasteiger partial charge is 0.323 e. The van der Waals surface area contributed by atoms with Crippen LogP contribution in [-0.4, -0.2) is 26.4 Å². The van der Waals surface area contributed by atoms with Crippen LogP contribution >= 0.6 is 22.6 Å². The number of nitrogens with zero attached hydrogens (tertiary/aromatic N) is 2. The van der Waals surface area contributed by atoms with Crippen molar-refractivity contribution in [3.8, 4) is 0 Å². The first-order valence-electron chi connectivity index (χ1n) is 5.72. The largest absolute Gasteiger partial charge is 0.358 e. The fourth-order valence-corrected chi connectivity index (χ4v) is 2.14. The Morgan fingerprint density at radius 3 is 2.72 bits per heavy atom. The van der Waals surface area contributed by atoms with Gasteiger partial charge in [0.1, 0.15) is 0 Å². The molecule has 1 rings (SSSR count). The van der Waals surface area contributed by atoms with Crippen molar-refractivity contribution in [2.45, 2.75) is 19.3 Å². The molecule has 1 N–H and O–H groups in total. The van der Waals surface area contributed by atoms with E-state index in [2.05, 4.69) is 27.9 Å². The minimum absolute atomic E-state index is 0.0786. The fraction of sp³-hybridized carbons (Fsp3) is 0.545. The van der Waals surface area contributed by atoms with Gasteiger partial charge in [-0.25, -0.2) is 4.57 Å². The molecule has 100 valence electrons. The summed E-state index contributed by atoms with van der Waals surface area (Å²) in [6.45, 7) is 0.606. The van der Waals surface area contributed by atoms with Crippen molar-refractivity contribution in [1.29, 1.82) is 0 Å². The van der Waals surface area contributed by atoms with Gasteiger partial charge in [-0.3, -0.25) is 4.79 Å². The molecule has 1 amide bonds. The number of hydrogen-bond donors (Lipinski definition) is 1. The SMILES string of the molecule is Cn1c(C(=O)NCCCCCI)ccc1[N+](=O)[O-]. The van der Waals surface area contributed by atoms with E-state index in [1.54, 1.807) is 0 Å². The molecule has 0 aliphatic heterocycles. The second kappa shape index (κ2) is 7.34. The zero-order valence-corrected chi connectivity index (χ0v) is 12.3. The standard InChI is InChI=1S/C11H16IN3O3/c1-14-9(5-6-10(14)15(17)18)11(16)13-8-4-2-3-7-12/h5-6H,2-4,7-8H2,1H3,(H,13,16). The molecule has 6 nitrogen and oxygen atoms in total. The summed E-state index contributed by atoms with van der Waals surface area (Å²) in [4.78, 5) is 21.9. The highest BCUT2D eigenvalue weighted by atomic mass is 127. The predicted octanol–water partition coefficient (Wildman–Crippen LogP) is 2.27. The molecular formula is C11H16IN3O3. The van der Waals surface area contributed by atoms with Crippen molar-refractivity contribution < 1.29 is 9.72 Å². The Kier molecular flexibility index (Phi) is 6.10. The second-order valence-corrected chi connectivity index (χ2v) is 4.98. The number of carbonyl (C=O) groups is 1. The molecule has 0 spiro atoms. The van der Waals surface area contributed by atoms with Crippen LogP contribution in [0.15, 0.2) is 12.1 Å². The van der Waals surface area contributed by atoms with Crippen LogP contribution in [0.1, 0.15) is 29.8 Å². The lowest BCUT2D eigenvalue weighted by molar-refractivity contribution is -0.391. The van der Waals surface area contributed by atoms with Crippen LogP contribution in [-0.2, 0) is 7.05 Å². The zero-order chi connectivity index (χ0) is 13.5. The summed E-state index contributed by atoms with van der Waals surface area (Å²) in [5.74, 6) is -0.342. The van der Waals surface area contributed by atoms with Crippen LogP contribution in [0.3, 0.4) is 0 Å². The first kappa shape index (κ1) is 14.9. The maximum Gasteiger partial charge on any atom is 0.323 e. The maximum absolute atomic E-state index is 11.8. The maximum atomic E-state index is 11.8. The Hall–Kier alpha value is -1.12. The lowest BCUT2D eigenvalue weighted by atomic mass is 10.2. The minimum atomic E-state index is -0.503. The summed E-state index contributed by atoms with van der Waals surface area (Å²) in [7, 11) is 1.52. The van der Waals surface area contributed by atoms with Crippen LogP contribution in [0.5, 0.6) is 0 Å². The molecule has 1 aromatic heterocycles. The van der Waals surface area contributed by atoms with E-state index >= 15 is 0 Å². The van der Waals surface area contributed by atoms with Gasteiger partial charge in [0.25, 0.3) is 5.91 Å². The van der Waals surface area contributed by atoms with E-state index < -0.39 is 4.92 Å². The Morgan fingerprint density at radius 2 is 2.17 bits per heavy atom. The quantitative estimate of drug-likeness (QED) is 0.265. The predicted molar refractivity (Wildman–Crippen MR) is 77.1 cm³/mol. The summed E-state index contributed by atoms with van der Waals surface area (Å²) in [6.07, 6.45) is 3.16. The third-order valence-corrected chi connectivity index (χ3v) is 3.37. The van der Waals surface area contributed by atoms with Gasteiger partial charge in [0, 0.05) is 12.6 Å². The van der Waals surface area contributed by atoms with E-state index in [1.165, 1.54) is 23.7 Å². The molecule has 1 heterocycles. The van der Waals surface area contributed by atoms with E-state index in [0.717, 1.165) is 23.7 Å². The Morgan fingerprint density at radius 1 is 1.44 bits per heavy atom. The summed E-state index contributed by atoms with van der Waals surface area (Å²) in [6, 6.07) is 2.81. The third kappa shape index (κ3) is 3.97. The van der Waals surface area contributed by atoms with Gasteiger partial charge in [-0.05, 0) is 28.3 Å². The molecule has 7 heteroatoms. The molecule has 0 unspecified atom stereocenters. The van der Waals surface area contributed by atoms with Crippen LogP contribution in [0.25, 0.3) is 0 Å². The molecule has 0 radical (unpaired) electrons. The first-order chi connectivity index (χ1) is 8.57. The van der Waals surface area contributed by atoms with Crippen molar-refractivity contribution >= 4 is 34.3 Å². The molecule has 1 aromatic rings. The van der Waals surface area contributed by atoms with Crippen molar-refractivity contribution in [3.05, 3.63) is 27.9 Å². The molecular weight excluding hydrogens is 349 g/mol. The van der Waals surface area contributed by atoms with Gasteiger partial charge in [0.2, 0.25) is 0 Å². The summed E-state index contributed by atoms with van der Waals surface area (Å²) in [5, 5.41) is 13.4. The average Bonchev–Trinajstić information content (AvgIpc) is 2.70.